The predicted octanol–water partition coefficient (Wildman–Crippen LogP) is 0.696. The van der Waals surface area contributed by atoms with Gasteiger partial charge in [0.1, 0.15) is 0 Å². The molecule has 0 aliphatic rings. The number of ether oxygens (including phenoxy) is 1. The molecule has 0 spiro atoms. The number of hydrogen-bond acceptors (Lipinski definition) is 5. The van der Waals surface area contributed by atoms with Crippen LogP contribution in [0.3, 0.4) is 0 Å². The third-order valence-electron chi connectivity index (χ3n) is 0.530. The molecule has 0 heterocycles. The van der Waals surface area contributed by atoms with Crippen LogP contribution in [-0.4, -0.2) is 17.9 Å². The lowest BCUT2D eigenvalue weighted by molar-refractivity contribution is -0.176. The summed E-state index contributed by atoms with van der Waals surface area (Å²) in [6.45, 7) is 5.28. The zero-order valence-electron chi connectivity index (χ0n) is 7.20. The minimum Gasteiger partial charge on any atom is -0.394 e. The van der Waals surface area contributed by atoms with Gasteiger partial charge in [-0.3, -0.25) is 14.5 Å². The molecule has 0 radical (unpaired) electrons. The Kier molecular flexibility index (Phi) is 8.92. The number of halogens is 1. The lowest BCUT2D eigenvalue weighted by Crippen LogP contribution is -2.03. The van der Waals surface area contributed by atoms with E-state index in [0.29, 0.717) is 0 Å². The Morgan fingerprint density at radius 1 is 1.23 bits per heavy atom. The standard InChI is InChI=1S/C4H6O3.C3H3FO2/c1-3(5)7-4(2)6;1-2-3(5)6-4/h1-2H3;2H,1H2. The van der Waals surface area contributed by atoms with Crippen molar-refractivity contribution in [3.63, 3.8) is 0 Å². The van der Waals surface area contributed by atoms with Crippen molar-refractivity contribution < 1.29 is 28.6 Å². The van der Waals surface area contributed by atoms with Crippen LogP contribution in [0.2, 0.25) is 0 Å². The summed E-state index contributed by atoms with van der Waals surface area (Å²) in [6.07, 6.45) is 0.736. The second-order valence-electron chi connectivity index (χ2n) is 1.69. The second kappa shape index (κ2) is 8.38. The van der Waals surface area contributed by atoms with Crippen LogP contribution in [0.1, 0.15) is 13.8 Å². The van der Waals surface area contributed by atoms with Crippen LogP contribution in [0, 0.1) is 0 Å². The van der Waals surface area contributed by atoms with Gasteiger partial charge in [-0.05, 0) is 0 Å². The Bertz CT molecular complexity index is 199. The molecule has 0 atom stereocenters. The molecule has 0 aromatic heterocycles. The van der Waals surface area contributed by atoms with E-state index in [2.05, 4.69) is 16.3 Å². The van der Waals surface area contributed by atoms with Gasteiger partial charge < -0.3 is 4.74 Å². The average molecular weight is 192 g/mol. The maximum absolute atomic E-state index is 10.5. The Morgan fingerprint density at radius 3 is 1.62 bits per heavy atom. The molecule has 74 valence electrons. The van der Waals surface area contributed by atoms with Crippen molar-refractivity contribution in [1.82, 2.24) is 0 Å². The maximum atomic E-state index is 10.5. The third-order valence-corrected chi connectivity index (χ3v) is 0.530. The van der Waals surface area contributed by atoms with Gasteiger partial charge in [0.15, 0.2) is 0 Å². The zero-order valence-corrected chi connectivity index (χ0v) is 7.20. The Balaban J connectivity index is 0. The monoisotopic (exact) mass is 192 g/mol. The van der Waals surface area contributed by atoms with Crippen molar-refractivity contribution in [2.45, 2.75) is 13.8 Å². The SMILES string of the molecule is C=CC(=O)OF.CC(=O)OC(C)=O. The van der Waals surface area contributed by atoms with Crippen LogP contribution in [0.25, 0.3) is 0 Å². The lowest BCUT2D eigenvalue weighted by atomic mass is 10.7. The topological polar surface area (TPSA) is 69.7 Å². The van der Waals surface area contributed by atoms with Gasteiger partial charge in [-0.2, -0.15) is 0 Å². The number of rotatable bonds is 1. The molecular formula is C7H9FO5. The maximum Gasteiger partial charge on any atom is 0.371 e. The molecule has 0 bridgehead atoms. The molecule has 0 aromatic rings. The van der Waals surface area contributed by atoms with Gasteiger partial charge in [0.05, 0.1) is 0 Å². The zero-order chi connectivity index (χ0) is 10.9. The highest BCUT2D eigenvalue weighted by atomic mass is 19.3. The van der Waals surface area contributed by atoms with Gasteiger partial charge >= 0.3 is 17.9 Å². The summed E-state index contributed by atoms with van der Waals surface area (Å²) in [5.74, 6) is -2.19. The minimum absolute atomic E-state index is 0.562. The predicted molar refractivity (Wildman–Crippen MR) is 39.8 cm³/mol. The first-order chi connectivity index (χ1) is 5.93. The van der Waals surface area contributed by atoms with Crippen molar-refractivity contribution in [2.75, 3.05) is 0 Å². The van der Waals surface area contributed by atoms with Gasteiger partial charge in [0.25, 0.3) is 0 Å². The summed E-state index contributed by atoms with van der Waals surface area (Å²) in [5, 5.41) is 0. The van der Waals surface area contributed by atoms with E-state index < -0.39 is 17.9 Å². The lowest BCUT2D eigenvalue weighted by Gasteiger charge is -1.87. The fraction of sp³-hybridized carbons (Fsp3) is 0.286. The van der Waals surface area contributed by atoms with Crippen LogP contribution in [-0.2, 0) is 24.1 Å². The minimum atomic E-state index is -1.06. The highest BCUT2D eigenvalue weighted by Crippen LogP contribution is 1.74. The third kappa shape index (κ3) is 17.9. The molecule has 0 aliphatic carbocycles. The molecule has 0 saturated heterocycles. The van der Waals surface area contributed by atoms with Crippen molar-refractivity contribution in [3.8, 4) is 0 Å². The fourth-order valence-corrected chi connectivity index (χ4v) is 0.234. The van der Waals surface area contributed by atoms with Crippen molar-refractivity contribution >= 4 is 17.9 Å². The molecule has 0 rings (SSSR count). The first-order valence-corrected chi connectivity index (χ1v) is 3.08. The van der Waals surface area contributed by atoms with Gasteiger partial charge in [0.2, 0.25) is 0 Å². The molecular weight excluding hydrogens is 183 g/mol. The van der Waals surface area contributed by atoms with E-state index in [1.165, 1.54) is 13.8 Å². The summed E-state index contributed by atoms with van der Waals surface area (Å²) in [5.41, 5.74) is 0. The molecule has 13 heavy (non-hydrogen) atoms. The summed E-state index contributed by atoms with van der Waals surface area (Å²) in [7, 11) is 0. The summed E-state index contributed by atoms with van der Waals surface area (Å²) in [4.78, 5) is 31.7. The summed E-state index contributed by atoms with van der Waals surface area (Å²) < 4.78 is 14.4. The van der Waals surface area contributed by atoms with Crippen LogP contribution < -0.4 is 0 Å². The van der Waals surface area contributed by atoms with E-state index in [1.807, 2.05) is 0 Å². The first-order valence-electron chi connectivity index (χ1n) is 3.08. The first kappa shape index (κ1) is 13.8. The molecule has 0 fully saturated rings. The highest BCUT2D eigenvalue weighted by molar-refractivity contribution is 5.82. The molecule has 0 saturated carbocycles. The van der Waals surface area contributed by atoms with Crippen LogP contribution in [0.5, 0.6) is 0 Å². The van der Waals surface area contributed by atoms with E-state index >= 15 is 0 Å². The molecule has 0 amide bonds. The quantitative estimate of drug-likeness (QED) is 0.347. The molecule has 6 heteroatoms. The summed E-state index contributed by atoms with van der Waals surface area (Å²) >= 11 is 0. The molecule has 0 aliphatic heterocycles. The molecule has 0 aromatic carbocycles. The smallest absolute Gasteiger partial charge is 0.371 e. The molecule has 0 N–H and O–H groups in total. The Hall–Kier alpha value is -1.72. The van der Waals surface area contributed by atoms with E-state index in [-0.39, 0.29) is 0 Å². The fourth-order valence-electron chi connectivity index (χ4n) is 0.234. The second-order valence-corrected chi connectivity index (χ2v) is 1.69. The van der Waals surface area contributed by atoms with Crippen LogP contribution in [0.4, 0.5) is 4.53 Å². The molecule has 0 unspecified atom stereocenters. The van der Waals surface area contributed by atoms with Crippen molar-refractivity contribution in [2.24, 2.45) is 0 Å². The Morgan fingerprint density at radius 2 is 1.62 bits per heavy atom. The number of esters is 2. The highest BCUT2D eigenvalue weighted by Gasteiger charge is 1.93. The van der Waals surface area contributed by atoms with Gasteiger partial charge in [0, 0.05) is 24.4 Å². The van der Waals surface area contributed by atoms with Gasteiger partial charge in [-0.1, -0.05) is 6.58 Å². The Labute approximate surface area is 74.0 Å². The van der Waals surface area contributed by atoms with Crippen LogP contribution in [0.15, 0.2) is 12.7 Å². The normalized spacial score (nSPS) is 7.31. The van der Waals surface area contributed by atoms with E-state index in [4.69, 9.17) is 0 Å². The van der Waals surface area contributed by atoms with Crippen LogP contribution >= 0.6 is 0 Å². The van der Waals surface area contributed by atoms with E-state index in [0.717, 1.165) is 6.08 Å². The van der Waals surface area contributed by atoms with E-state index in [9.17, 15) is 18.9 Å². The number of carbonyl (C=O) groups excluding carboxylic acids is 3. The van der Waals surface area contributed by atoms with Crippen molar-refractivity contribution in [3.05, 3.63) is 12.7 Å². The average Bonchev–Trinajstić information content (AvgIpc) is 2.01. The van der Waals surface area contributed by atoms with E-state index in [1.54, 1.807) is 0 Å². The summed E-state index contributed by atoms with van der Waals surface area (Å²) in [6, 6.07) is 0. The van der Waals surface area contributed by atoms with Gasteiger partial charge in [-0.15, -0.1) is 0 Å². The van der Waals surface area contributed by atoms with Crippen molar-refractivity contribution in [1.29, 1.82) is 0 Å². The van der Waals surface area contributed by atoms with Gasteiger partial charge in [-0.25, -0.2) is 4.79 Å². The number of carbonyl (C=O) groups is 3. The number of hydrogen-bond donors (Lipinski definition) is 0. The largest absolute Gasteiger partial charge is 0.394 e. The molecule has 5 nitrogen and oxygen atoms in total.